The molecule has 0 aliphatic heterocycles. The van der Waals surface area contributed by atoms with Crippen LogP contribution in [0.5, 0.6) is 0 Å². The quantitative estimate of drug-likeness (QED) is 0.753. The molecular weight excluding hydrogens is 425 g/mol. The first-order chi connectivity index (χ1) is 9.72. The van der Waals surface area contributed by atoms with Crippen molar-refractivity contribution in [3.05, 3.63) is 56.2 Å². The van der Waals surface area contributed by atoms with Gasteiger partial charge in [0, 0.05) is 8.95 Å². The van der Waals surface area contributed by atoms with Gasteiger partial charge in [-0.1, -0.05) is 28.1 Å². The summed E-state index contributed by atoms with van der Waals surface area (Å²) in [6.45, 7) is 3.49. The minimum atomic E-state index is -3.90. The van der Waals surface area contributed by atoms with Gasteiger partial charge >= 0.3 is 0 Å². The molecule has 2 rings (SSSR count). The summed E-state index contributed by atoms with van der Waals surface area (Å²) >= 11 is 6.53. The van der Waals surface area contributed by atoms with Gasteiger partial charge < -0.3 is 0 Å². The third-order valence-corrected chi connectivity index (χ3v) is 6.12. The topological polar surface area (TPSA) is 46.2 Å². The maximum absolute atomic E-state index is 13.8. The predicted octanol–water partition coefficient (Wildman–Crippen LogP) is 4.77. The molecule has 2 aromatic rings. The van der Waals surface area contributed by atoms with Crippen LogP contribution < -0.4 is 4.72 Å². The number of halogens is 3. The van der Waals surface area contributed by atoms with Crippen molar-refractivity contribution in [2.24, 2.45) is 0 Å². The molecule has 0 spiro atoms. The van der Waals surface area contributed by atoms with Gasteiger partial charge in [-0.05, 0) is 59.1 Å². The van der Waals surface area contributed by atoms with E-state index in [2.05, 4.69) is 36.6 Å². The van der Waals surface area contributed by atoms with Crippen LogP contribution in [0.1, 0.15) is 11.1 Å². The van der Waals surface area contributed by atoms with Crippen LogP contribution in [-0.4, -0.2) is 8.42 Å². The number of nitrogens with one attached hydrogen (secondary N) is 1. The normalized spacial score (nSPS) is 11.5. The van der Waals surface area contributed by atoms with Crippen LogP contribution >= 0.6 is 31.9 Å². The highest BCUT2D eigenvalue weighted by Gasteiger charge is 2.21. The Bertz CT molecular complexity index is 787. The molecule has 0 bridgehead atoms. The minimum absolute atomic E-state index is 0.0407. The highest BCUT2D eigenvalue weighted by Crippen LogP contribution is 2.31. The molecule has 0 unspecified atom stereocenters. The third kappa shape index (κ3) is 3.46. The zero-order valence-corrected chi connectivity index (χ0v) is 15.2. The molecule has 3 nitrogen and oxygen atoms in total. The second-order valence-corrected chi connectivity index (χ2v) is 7.93. The summed E-state index contributed by atoms with van der Waals surface area (Å²) in [6.07, 6.45) is 0. The Morgan fingerprint density at radius 3 is 2.33 bits per heavy atom. The predicted molar refractivity (Wildman–Crippen MR) is 88.5 cm³/mol. The highest BCUT2D eigenvalue weighted by atomic mass is 79.9. The van der Waals surface area contributed by atoms with Gasteiger partial charge in [-0.2, -0.15) is 0 Å². The van der Waals surface area contributed by atoms with E-state index < -0.39 is 15.8 Å². The van der Waals surface area contributed by atoms with Crippen LogP contribution in [0.15, 0.2) is 44.2 Å². The molecule has 21 heavy (non-hydrogen) atoms. The van der Waals surface area contributed by atoms with Gasteiger partial charge in [0.1, 0.15) is 10.7 Å². The Hall–Kier alpha value is -0.920. The number of rotatable bonds is 3. The van der Waals surface area contributed by atoms with Crippen LogP contribution in [0, 0.1) is 19.7 Å². The fraction of sp³-hybridized carbons (Fsp3) is 0.143. The maximum Gasteiger partial charge on any atom is 0.263 e. The standard InChI is InChI=1S/C14H12Br2FNO2S/c1-8-4-3-5-12(17)14(8)18-21(19,20)13-7-10(15)9(2)6-11(13)16/h3-7,18H,1-2H3. The summed E-state index contributed by atoms with van der Waals surface area (Å²) in [7, 11) is -3.90. The summed E-state index contributed by atoms with van der Waals surface area (Å²) in [5.74, 6) is -0.610. The molecule has 7 heteroatoms. The van der Waals surface area contributed by atoms with Crippen molar-refractivity contribution in [1.29, 1.82) is 0 Å². The van der Waals surface area contributed by atoms with Crippen molar-refractivity contribution in [2.75, 3.05) is 4.72 Å². The number of sulfonamides is 1. The average Bonchev–Trinajstić information content (AvgIpc) is 2.38. The molecule has 0 atom stereocenters. The Kier molecular flexibility index (Phi) is 4.75. The first-order valence-corrected chi connectivity index (χ1v) is 9.03. The number of aryl methyl sites for hydroxylation is 2. The number of benzene rings is 2. The number of hydrogen-bond donors (Lipinski definition) is 1. The monoisotopic (exact) mass is 435 g/mol. The van der Waals surface area contributed by atoms with Crippen molar-refractivity contribution < 1.29 is 12.8 Å². The summed E-state index contributed by atoms with van der Waals surface area (Å²) in [6, 6.07) is 7.55. The van der Waals surface area contributed by atoms with Crippen LogP contribution in [0.2, 0.25) is 0 Å². The summed E-state index contributed by atoms with van der Waals surface area (Å²) in [5.41, 5.74) is 1.37. The summed E-state index contributed by atoms with van der Waals surface area (Å²) in [4.78, 5) is 0.0441. The zero-order chi connectivity index (χ0) is 15.8. The van der Waals surface area contributed by atoms with Crippen LogP contribution in [0.25, 0.3) is 0 Å². The van der Waals surface area contributed by atoms with Gasteiger partial charge in [0.25, 0.3) is 10.0 Å². The average molecular weight is 437 g/mol. The summed E-state index contributed by atoms with van der Waals surface area (Å²) in [5, 5.41) is 0. The van der Waals surface area contributed by atoms with E-state index in [-0.39, 0.29) is 10.6 Å². The van der Waals surface area contributed by atoms with Crippen LogP contribution in [0.4, 0.5) is 10.1 Å². The molecule has 0 saturated carbocycles. The summed E-state index contributed by atoms with van der Waals surface area (Å²) < 4.78 is 42.1. The molecule has 0 aromatic heterocycles. The van der Waals surface area contributed by atoms with Crippen LogP contribution in [0.3, 0.4) is 0 Å². The lowest BCUT2D eigenvalue weighted by Gasteiger charge is -2.13. The van der Waals surface area contributed by atoms with Crippen molar-refractivity contribution in [1.82, 2.24) is 0 Å². The third-order valence-electron chi connectivity index (χ3n) is 2.96. The van der Waals surface area contributed by atoms with Gasteiger partial charge in [-0.25, -0.2) is 12.8 Å². The first kappa shape index (κ1) is 16.5. The van der Waals surface area contributed by atoms with Gasteiger partial charge in [-0.3, -0.25) is 4.72 Å². The fourth-order valence-electron chi connectivity index (χ4n) is 1.78. The molecule has 0 fully saturated rings. The van der Waals surface area contributed by atoms with Crippen molar-refractivity contribution in [3.8, 4) is 0 Å². The second kappa shape index (κ2) is 6.06. The smallest absolute Gasteiger partial charge is 0.263 e. The van der Waals surface area contributed by atoms with E-state index in [1.165, 1.54) is 18.2 Å². The molecule has 0 heterocycles. The van der Waals surface area contributed by atoms with E-state index in [1.807, 2.05) is 6.92 Å². The molecular formula is C14H12Br2FNO2S. The molecule has 112 valence electrons. The lowest BCUT2D eigenvalue weighted by atomic mass is 10.2. The molecule has 0 radical (unpaired) electrons. The van der Waals surface area contributed by atoms with Crippen molar-refractivity contribution in [3.63, 3.8) is 0 Å². The molecule has 2 aromatic carbocycles. The van der Waals surface area contributed by atoms with E-state index in [1.54, 1.807) is 19.1 Å². The number of para-hydroxylation sites is 1. The van der Waals surface area contributed by atoms with E-state index >= 15 is 0 Å². The van der Waals surface area contributed by atoms with Gasteiger partial charge in [0.15, 0.2) is 0 Å². The Morgan fingerprint density at radius 1 is 1.05 bits per heavy atom. The van der Waals surface area contributed by atoms with Crippen molar-refractivity contribution in [2.45, 2.75) is 18.7 Å². The largest absolute Gasteiger partial charge is 0.276 e. The Labute approximate surface area is 139 Å². The van der Waals surface area contributed by atoms with Crippen LogP contribution in [-0.2, 0) is 10.0 Å². The van der Waals surface area contributed by atoms with Gasteiger partial charge in [0.05, 0.1) is 5.69 Å². The SMILES string of the molecule is Cc1cc(Br)c(S(=O)(=O)Nc2c(C)cccc2F)cc1Br. The minimum Gasteiger partial charge on any atom is -0.276 e. The zero-order valence-electron chi connectivity index (χ0n) is 11.2. The van der Waals surface area contributed by atoms with E-state index in [0.29, 0.717) is 14.5 Å². The Balaban J connectivity index is 2.51. The molecule has 0 amide bonds. The highest BCUT2D eigenvalue weighted by molar-refractivity contribution is 9.11. The lowest BCUT2D eigenvalue weighted by Crippen LogP contribution is -2.15. The molecule has 0 saturated heterocycles. The lowest BCUT2D eigenvalue weighted by molar-refractivity contribution is 0.598. The van der Waals surface area contributed by atoms with Gasteiger partial charge in [0.2, 0.25) is 0 Å². The maximum atomic E-state index is 13.8. The number of anilines is 1. The molecule has 0 aliphatic carbocycles. The Morgan fingerprint density at radius 2 is 1.71 bits per heavy atom. The second-order valence-electron chi connectivity index (χ2n) is 4.57. The molecule has 1 N–H and O–H groups in total. The van der Waals surface area contributed by atoms with Gasteiger partial charge in [-0.15, -0.1) is 0 Å². The number of hydrogen-bond acceptors (Lipinski definition) is 2. The van der Waals surface area contributed by atoms with E-state index in [4.69, 9.17) is 0 Å². The fourth-order valence-corrected chi connectivity index (χ4v) is 4.60. The molecule has 0 aliphatic rings. The first-order valence-electron chi connectivity index (χ1n) is 5.96. The van der Waals surface area contributed by atoms with E-state index in [0.717, 1.165) is 5.56 Å². The van der Waals surface area contributed by atoms with Crippen molar-refractivity contribution >= 4 is 47.6 Å². The van der Waals surface area contributed by atoms with E-state index in [9.17, 15) is 12.8 Å².